The predicted molar refractivity (Wildman–Crippen MR) is 168 cm³/mol. The van der Waals surface area contributed by atoms with Gasteiger partial charge < -0.3 is 19.2 Å². The molecule has 9 nitrogen and oxygen atoms in total. The summed E-state index contributed by atoms with van der Waals surface area (Å²) in [7, 11) is 1.45. The van der Waals surface area contributed by atoms with E-state index >= 15 is 0 Å². The van der Waals surface area contributed by atoms with Crippen LogP contribution in [0.3, 0.4) is 0 Å². The van der Waals surface area contributed by atoms with E-state index in [0.717, 1.165) is 10.1 Å². The number of nitrogens with one attached hydrogen (secondary N) is 1. The summed E-state index contributed by atoms with van der Waals surface area (Å²) in [6, 6.07) is 26.1. The molecule has 0 aliphatic rings. The smallest absolute Gasteiger partial charge is 0.282 e. The van der Waals surface area contributed by atoms with Crippen LogP contribution in [0.4, 0.5) is 5.69 Å². The number of methoxy groups -OCH3 is 1. The Morgan fingerprint density at radius 2 is 1.77 bits per heavy atom. The van der Waals surface area contributed by atoms with Crippen molar-refractivity contribution in [1.82, 2.24) is 9.66 Å². The molecule has 43 heavy (non-hydrogen) atoms. The number of amides is 1. The molecule has 0 bridgehead atoms. The van der Waals surface area contributed by atoms with Crippen molar-refractivity contribution in [1.29, 1.82) is 0 Å². The highest BCUT2D eigenvalue weighted by atomic mass is 35.5. The molecule has 214 valence electrons. The first-order chi connectivity index (χ1) is 20.9. The molecule has 0 saturated carbocycles. The van der Waals surface area contributed by atoms with Crippen molar-refractivity contribution in [3.63, 3.8) is 0 Å². The summed E-state index contributed by atoms with van der Waals surface area (Å²) < 4.78 is 18.6. The standard InChI is InChI=1S/C32H22Cl2N4O5/c1-41-27-16-22(34)14-20(30(27)42-18-29(39)36-23-12-10-21(33)11-13-23)17-35-38-31(28-15-19-6-2-5-9-26(19)43-28)37-25-8-4-3-7-24(25)32(38)40/h2-17H,18H2,1H3,(H,36,39). The SMILES string of the molecule is COc1cc(Cl)cc(C=Nn2c(-c3cc4ccccc4o3)nc3ccccc3c2=O)c1OCC(=O)Nc1ccc(Cl)cc1. The number of benzene rings is 4. The molecule has 0 aliphatic carbocycles. The number of nitrogens with zero attached hydrogens (tertiary/aromatic N) is 3. The van der Waals surface area contributed by atoms with Gasteiger partial charge in [0.05, 0.1) is 24.2 Å². The van der Waals surface area contributed by atoms with Crippen molar-refractivity contribution in [2.24, 2.45) is 5.10 Å². The van der Waals surface area contributed by atoms with Crippen LogP contribution in [0.5, 0.6) is 11.5 Å². The Morgan fingerprint density at radius 3 is 2.56 bits per heavy atom. The quantitative estimate of drug-likeness (QED) is 0.185. The van der Waals surface area contributed by atoms with Crippen LogP contribution in [0.2, 0.25) is 10.0 Å². The zero-order valence-electron chi connectivity index (χ0n) is 22.6. The Hall–Kier alpha value is -5.12. The van der Waals surface area contributed by atoms with Crippen molar-refractivity contribution in [3.05, 3.63) is 117 Å². The first-order valence-electron chi connectivity index (χ1n) is 13.0. The third-order valence-corrected chi connectivity index (χ3v) is 6.93. The molecule has 0 atom stereocenters. The monoisotopic (exact) mass is 612 g/mol. The molecule has 1 N–H and O–H groups in total. The molecule has 0 unspecified atom stereocenters. The van der Waals surface area contributed by atoms with Gasteiger partial charge >= 0.3 is 0 Å². The zero-order valence-corrected chi connectivity index (χ0v) is 24.1. The van der Waals surface area contributed by atoms with E-state index in [1.165, 1.54) is 13.3 Å². The van der Waals surface area contributed by atoms with Gasteiger partial charge in [-0.2, -0.15) is 9.78 Å². The average Bonchev–Trinajstić information content (AvgIpc) is 3.45. The lowest BCUT2D eigenvalue weighted by Crippen LogP contribution is -2.21. The first kappa shape index (κ1) is 28.0. The van der Waals surface area contributed by atoms with Crippen molar-refractivity contribution >= 4 is 62.9 Å². The number of para-hydroxylation sites is 2. The van der Waals surface area contributed by atoms with Gasteiger partial charge in [-0.05, 0) is 54.6 Å². The molecule has 4 aromatic carbocycles. The third kappa shape index (κ3) is 5.94. The van der Waals surface area contributed by atoms with Gasteiger partial charge in [0, 0.05) is 32.7 Å². The van der Waals surface area contributed by atoms with Crippen LogP contribution in [0, 0.1) is 0 Å². The molecule has 6 aromatic rings. The van der Waals surface area contributed by atoms with Crippen LogP contribution in [0.25, 0.3) is 33.5 Å². The summed E-state index contributed by atoms with van der Waals surface area (Å²) >= 11 is 12.3. The van der Waals surface area contributed by atoms with Crippen LogP contribution in [0.1, 0.15) is 5.56 Å². The number of ether oxygens (including phenoxy) is 2. The minimum atomic E-state index is -0.413. The fourth-order valence-electron chi connectivity index (χ4n) is 4.46. The number of furan rings is 1. The van der Waals surface area contributed by atoms with E-state index in [0.29, 0.717) is 43.5 Å². The van der Waals surface area contributed by atoms with Gasteiger partial charge in [-0.1, -0.05) is 53.5 Å². The Morgan fingerprint density at radius 1 is 1.00 bits per heavy atom. The highest BCUT2D eigenvalue weighted by Crippen LogP contribution is 2.34. The number of anilines is 1. The van der Waals surface area contributed by atoms with Crippen LogP contribution >= 0.6 is 23.2 Å². The van der Waals surface area contributed by atoms with E-state index in [9.17, 15) is 9.59 Å². The Bertz CT molecular complexity index is 2040. The van der Waals surface area contributed by atoms with Gasteiger partial charge in [0.1, 0.15) is 5.58 Å². The molecule has 0 spiro atoms. The Labute approximate surface area is 254 Å². The van der Waals surface area contributed by atoms with Crippen molar-refractivity contribution in [2.75, 3.05) is 19.0 Å². The molecule has 0 aliphatic heterocycles. The number of halogens is 2. The molecule has 2 heterocycles. The lowest BCUT2D eigenvalue weighted by molar-refractivity contribution is -0.118. The van der Waals surface area contributed by atoms with Crippen molar-refractivity contribution in [2.45, 2.75) is 0 Å². The lowest BCUT2D eigenvalue weighted by atomic mass is 10.2. The number of hydrogen-bond donors (Lipinski definition) is 1. The molecule has 0 saturated heterocycles. The van der Waals surface area contributed by atoms with E-state index < -0.39 is 11.5 Å². The van der Waals surface area contributed by atoms with Gasteiger partial charge in [-0.15, -0.1) is 0 Å². The third-order valence-electron chi connectivity index (χ3n) is 6.46. The number of fused-ring (bicyclic) bond motifs is 2. The van der Waals surface area contributed by atoms with Crippen LogP contribution < -0.4 is 20.3 Å². The topological polar surface area (TPSA) is 108 Å². The van der Waals surface area contributed by atoms with Gasteiger partial charge in [0.2, 0.25) is 5.82 Å². The second-order valence-electron chi connectivity index (χ2n) is 9.33. The fourth-order valence-corrected chi connectivity index (χ4v) is 4.80. The van der Waals surface area contributed by atoms with E-state index in [1.54, 1.807) is 66.7 Å². The summed E-state index contributed by atoms with van der Waals surface area (Å²) in [5.41, 5.74) is 1.65. The second-order valence-corrected chi connectivity index (χ2v) is 10.2. The molecule has 11 heteroatoms. The van der Waals surface area contributed by atoms with Crippen LogP contribution in [0.15, 0.2) is 105 Å². The normalized spacial score (nSPS) is 11.3. The van der Waals surface area contributed by atoms with Gasteiger partial charge in [0.25, 0.3) is 11.5 Å². The summed E-state index contributed by atoms with van der Waals surface area (Å²) in [6.07, 6.45) is 1.39. The zero-order chi connectivity index (χ0) is 29.9. The largest absolute Gasteiger partial charge is 0.493 e. The highest BCUT2D eigenvalue weighted by Gasteiger charge is 2.18. The Balaban J connectivity index is 1.39. The van der Waals surface area contributed by atoms with Crippen molar-refractivity contribution < 1.29 is 18.7 Å². The maximum absolute atomic E-state index is 13.7. The second kappa shape index (κ2) is 12.0. The molecule has 1 amide bonds. The number of carbonyl (C=O) groups is 1. The number of aromatic nitrogens is 2. The van der Waals surface area contributed by atoms with E-state index in [1.807, 2.05) is 24.3 Å². The molecule has 0 radical (unpaired) electrons. The fraction of sp³-hybridized carbons (Fsp3) is 0.0625. The number of rotatable bonds is 8. The van der Waals surface area contributed by atoms with E-state index in [-0.39, 0.29) is 23.9 Å². The van der Waals surface area contributed by atoms with Crippen LogP contribution in [-0.2, 0) is 4.79 Å². The minimum Gasteiger partial charge on any atom is -0.493 e. The molecular formula is C32H22Cl2N4O5. The predicted octanol–water partition coefficient (Wildman–Crippen LogP) is 7.02. The molecule has 6 rings (SSSR count). The lowest BCUT2D eigenvalue weighted by Gasteiger charge is -2.14. The maximum atomic E-state index is 13.7. The number of hydrogen-bond acceptors (Lipinski definition) is 7. The Kier molecular flexibility index (Phi) is 7.83. The summed E-state index contributed by atoms with van der Waals surface area (Å²) in [5.74, 6) is 0.628. The summed E-state index contributed by atoms with van der Waals surface area (Å²) in [5, 5.41) is 9.35. The molecule has 2 aromatic heterocycles. The number of carbonyl (C=O) groups excluding carboxylic acids is 1. The van der Waals surface area contributed by atoms with Crippen molar-refractivity contribution in [3.8, 4) is 23.1 Å². The van der Waals surface area contributed by atoms with Gasteiger partial charge in [-0.3, -0.25) is 9.59 Å². The first-order valence-corrected chi connectivity index (χ1v) is 13.8. The van der Waals surface area contributed by atoms with Gasteiger partial charge in [0.15, 0.2) is 23.9 Å². The maximum Gasteiger partial charge on any atom is 0.282 e. The van der Waals surface area contributed by atoms with E-state index in [2.05, 4.69) is 10.4 Å². The van der Waals surface area contributed by atoms with E-state index in [4.69, 9.17) is 42.1 Å². The highest BCUT2D eigenvalue weighted by molar-refractivity contribution is 6.31. The summed E-state index contributed by atoms with van der Waals surface area (Å²) in [4.78, 5) is 31.0. The van der Waals surface area contributed by atoms with Crippen LogP contribution in [-0.4, -0.2) is 35.5 Å². The average molecular weight is 613 g/mol. The molecular weight excluding hydrogens is 591 g/mol. The summed E-state index contributed by atoms with van der Waals surface area (Å²) in [6.45, 7) is -0.344. The molecule has 0 fully saturated rings. The minimum absolute atomic E-state index is 0.203. The van der Waals surface area contributed by atoms with Gasteiger partial charge in [-0.25, -0.2) is 4.98 Å².